The summed E-state index contributed by atoms with van der Waals surface area (Å²) in [5.41, 5.74) is 3.69. The second-order valence-electron chi connectivity index (χ2n) is 7.31. The van der Waals surface area contributed by atoms with Crippen LogP contribution in [0.25, 0.3) is 21.9 Å². The van der Waals surface area contributed by atoms with Gasteiger partial charge in [-0.2, -0.15) is 4.98 Å². The third-order valence-electron chi connectivity index (χ3n) is 5.50. The average molecular weight is 359 g/mol. The zero-order valence-electron chi connectivity index (χ0n) is 15.2. The van der Waals surface area contributed by atoms with E-state index in [-0.39, 0.29) is 11.6 Å². The normalized spacial score (nSPS) is 15.0. The zero-order chi connectivity index (χ0) is 18.4. The third kappa shape index (κ3) is 2.77. The number of hydrogen-bond donors (Lipinski definition) is 2. The van der Waals surface area contributed by atoms with Crippen LogP contribution in [0.5, 0.6) is 0 Å². The van der Waals surface area contributed by atoms with Gasteiger partial charge in [0.1, 0.15) is 5.65 Å². The molecule has 0 bridgehead atoms. The first-order valence-electron chi connectivity index (χ1n) is 9.42. The van der Waals surface area contributed by atoms with E-state index in [0.717, 1.165) is 46.0 Å². The number of rotatable bonds is 3. The lowest BCUT2D eigenvalue weighted by atomic mass is 10.1. The Kier molecular flexibility index (Phi) is 3.70. The topological polar surface area (TPSA) is 75.6 Å². The largest absolute Gasteiger partial charge is 0.361 e. The standard InChI is InChI=1S/C21H21N5O/c1-13-10-19(27)26(16-4-2-3-5-16)20-17(13)12-23-21(25-20)24-15-6-7-18-14(11-15)8-9-22-18/h6-12,16,22H,2-5H2,1H3,(H,23,24,25). The molecule has 0 amide bonds. The maximum atomic E-state index is 12.7. The number of pyridine rings is 1. The second-order valence-corrected chi connectivity index (χ2v) is 7.31. The fourth-order valence-electron chi connectivity index (χ4n) is 4.11. The molecule has 4 aromatic rings. The summed E-state index contributed by atoms with van der Waals surface area (Å²) in [5.74, 6) is 0.508. The minimum Gasteiger partial charge on any atom is -0.361 e. The van der Waals surface area contributed by atoms with Crippen LogP contribution >= 0.6 is 0 Å². The summed E-state index contributed by atoms with van der Waals surface area (Å²) in [4.78, 5) is 25.1. The van der Waals surface area contributed by atoms with Crippen molar-refractivity contribution in [2.75, 3.05) is 5.32 Å². The quantitative estimate of drug-likeness (QED) is 0.567. The van der Waals surface area contributed by atoms with Gasteiger partial charge in [0.2, 0.25) is 5.95 Å². The average Bonchev–Trinajstić information content (AvgIpc) is 3.33. The van der Waals surface area contributed by atoms with Gasteiger partial charge in [-0.05, 0) is 49.6 Å². The van der Waals surface area contributed by atoms with Crippen LogP contribution in [0.1, 0.15) is 37.3 Å². The molecule has 0 aliphatic heterocycles. The maximum Gasteiger partial charge on any atom is 0.252 e. The Bertz CT molecular complexity index is 1200. The lowest BCUT2D eigenvalue weighted by Gasteiger charge is -2.17. The molecule has 1 saturated carbocycles. The fraction of sp³-hybridized carbons (Fsp3) is 0.286. The predicted octanol–water partition coefficient (Wildman–Crippen LogP) is 4.44. The monoisotopic (exact) mass is 359 g/mol. The van der Waals surface area contributed by atoms with Gasteiger partial charge >= 0.3 is 0 Å². The number of H-pyrrole nitrogens is 1. The molecule has 2 N–H and O–H groups in total. The summed E-state index contributed by atoms with van der Waals surface area (Å²) in [7, 11) is 0. The molecule has 136 valence electrons. The highest BCUT2D eigenvalue weighted by Crippen LogP contribution is 2.31. The molecule has 0 spiro atoms. The van der Waals surface area contributed by atoms with Crippen molar-refractivity contribution in [3.8, 4) is 0 Å². The molecule has 0 unspecified atom stereocenters. The maximum absolute atomic E-state index is 12.7. The van der Waals surface area contributed by atoms with Gasteiger partial charge in [-0.25, -0.2) is 4.98 Å². The molecule has 1 fully saturated rings. The molecule has 5 rings (SSSR count). The lowest BCUT2D eigenvalue weighted by molar-refractivity contribution is 0.515. The summed E-state index contributed by atoms with van der Waals surface area (Å²) >= 11 is 0. The zero-order valence-corrected chi connectivity index (χ0v) is 15.2. The van der Waals surface area contributed by atoms with Crippen molar-refractivity contribution in [2.24, 2.45) is 0 Å². The van der Waals surface area contributed by atoms with Crippen LogP contribution in [0.3, 0.4) is 0 Å². The van der Waals surface area contributed by atoms with Gasteiger partial charge in [0.15, 0.2) is 0 Å². The lowest BCUT2D eigenvalue weighted by Crippen LogP contribution is -2.24. The van der Waals surface area contributed by atoms with E-state index in [2.05, 4.69) is 21.4 Å². The molecule has 1 aromatic carbocycles. The van der Waals surface area contributed by atoms with Crippen molar-refractivity contribution in [1.82, 2.24) is 19.5 Å². The Morgan fingerprint density at radius 2 is 2.04 bits per heavy atom. The number of hydrogen-bond acceptors (Lipinski definition) is 4. The number of nitrogens with one attached hydrogen (secondary N) is 2. The van der Waals surface area contributed by atoms with Gasteiger partial charge in [0.25, 0.3) is 5.56 Å². The van der Waals surface area contributed by atoms with Crippen LogP contribution in [0.15, 0.2) is 47.5 Å². The molecule has 1 aliphatic carbocycles. The van der Waals surface area contributed by atoms with Crippen LogP contribution < -0.4 is 10.9 Å². The van der Waals surface area contributed by atoms with Gasteiger partial charge in [-0.3, -0.25) is 9.36 Å². The van der Waals surface area contributed by atoms with Crippen molar-refractivity contribution in [1.29, 1.82) is 0 Å². The Hall–Kier alpha value is -3.15. The Morgan fingerprint density at radius 3 is 2.89 bits per heavy atom. The van der Waals surface area contributed by atoms with Crippen LogP contribution in [0, 0.1) is 6.92 Å². The highest BCUT2D eigenvalue weighted by molar-refractivity contribution is 5.84. The molecule has 6 nitrogen and oxygen atoms in total. The van der Waals surface area contributed by atoms with Gasteiger partial charge in [0, 0.05) is 46.5 Å². The molecule has 0 saturated heterocycles. The molecule has 3 aromatic heterocycles. The first kappa shape index (κ1) is 16.1. The molecular weight excluding hydrogens is 338 g/mol. The van der Waals surface area contributed by atoms with Gasteiger partial charge < -0.3 is 10.3 Å². The Morgan fingerprint density at radius 1 is 1.19 bits per heavy atom. The number of nitrogens with zero attached hydrogens (tertiary/aromatic N) is 3. The van der Waals surface area contributed by atoms with Crippen LogP contribution in [-0.2, 0) is 0 Å². The first-order chi connectivity index (χ1) is 13.2. The smallest absolute Gasteiger partial charge is 0.252 e. The molecule has 0 radical (unpaired) electrons. The molecule has 6 heteroatoms. The van der Waals surface area contributed by atoms with Crippen molar-refractivity contribution in [2.45, 2.75) is 38.6 Å². The van der Waals surface area contributed by atoms with Crippen molar-refractivity contribution < 1.29 is 0 Å². The Labute approximate surface area is 156 Å². The number of anilines is 2. The second kappa shape index (κ2) is 6.23. The van der Waals surface area contributed by atoms with Crippen molar-refractivity contribution in [3.05, 3.63) is 58.6 Å². The molecule has 27 heavy (non-hydrogen) atoms. The summed E-state index contributed by atoms with van der Waals surface area (Å²) in [6.07, 6.45) is 8.15. The van der Waals surface area contributed by atoms with E-state index in [1.165, 1.54) is 12.8 Å². The van der Waals surface area contributed by atoms with E-state index in [4.69, 9.17) is 4.98 Å². The summed E-state index contributed by atoms with van der Waals surface area (Å²) < 4.78 is 1.87. The van der Waals surface area contributed by atoms with Gasteiger partial charge in [-0.1, -0.05) is 12.8 Å². The first-order valence-corrected chi connectivity index (χ1v) is 9.42. The van der Waals surface area contributed by atoms with Crippen LogP contribution in [-0.4, -0.2) is 19.5 Å². The highest BCUT2D eigenvalue weighted by Gasteiger charge is 2.21. The number of aromatic nitrogens is 4. The summed E-state index contributed by atoms with van der Waals surface area (Å²) in [6, 6.07) is 10.0. The molecular formula is C21H21N5O. The number of aromatic amines is 1. The number of benzene rings is 1. The summed E-state index contributed by atoms with van der Waals surface area (Å²) in [5, 5.41) is 5.35. The van der Waals surface area contributed by atoms with Crippen molar-refractivity contribution in [3.63, 3.8) is 0 Å². The minimum absolute atomic E-state index is 0.0327. The fourth-order valence-corrected chi connectivity index (χ4v) is 4.11. The number of fused-ring (bicyclic) bond motifs is 2. The SMILES string of the molecule is Cc1cc(=O)n(C2CCCC2)c2nc(Nc3ccc4[nH]ccc4c3)ncc12. The number of aryl methyl sites for hydroxylation is 1. The van der Waals surface area contributed by atoms with E-state index in [1.807, 2.05) is 42.1 Å². The molecule has 1 aliphatic rings. The van der Waals surface area contributed by atoms with E-state index in [1.54, 1.807) is 6.07 Å². The summed E-state index contributed by atoms with van der Waals surface area (Å²) in [6.45, 7) is 1.94. The predicted molar refractivity (Wildman–Crippen MR) is 108 cm³/mol. The highest BCUT2D eigenvalue weighted by atomic mass is 16.1. The van der Waals surface area contributed by atoms with Crippen LogP contribution in [0.4, 0.5) is 11.6 Å². The van der Waals surface area contributed by atoms with E-state index in [9.17, 15) is 4.79 Å². The van der Waals surface area contributed by atoms with Crippen molar-refractivity contribution >= 4 is 33.6 Å². The van der Waals surface area contributed by atoms with Crippen LogP contribution in [0.2, 0.25) is 0 Å². The van der Waals surface area contributed by atoms with Gasteiger partial charge in [0.05, 0.1) is 0 Å². The van der Waals surface area contributed by atoms with E-state index >= 15 is 0 Å². The Balaban J connectivity index is 1.60. The van der Waals surface area contributed by atoms with E-state index < -0.39 is 0 Å². The molecule has 3 heterocycles. The van der Waals surface area contributed by atoms with Gasteiger partial charge in [-0.15, -0.1) is 0 Å². The van der Waals surface area contributed by atoms with E-state index in [0.29, 0.717) is 5.95 Å². The minimum atomic E-state index is 0.0327. The molecule has 0 atom stereocenters. The third-order valence-corrected chi connectivity index (χ3v) is 5.50.